The lowest BCUT2D eigenvalue weighted by Gasteiger charge is -2.19. The predicted octanol–water partition coefficient (Wildman–Crippen LogP) is 4.31. The van der Waals surface area contributed by atoms with Gasteiger partial charge in [-0.05, 0) is 36.6 Å². The number of benzene rings is 1. The van der Waals surface area contributed by atoms with Gasteiger partial charge in [0.1, 0.15) is 0 Å². The van der Waals surface area contributed by atoms with Gasteiger partial charge in [-0.2, -0.15) is 0 Å². The molecule has 1 aliphatic rings. The number of rotatable bonds is 1. The maximum atomic E-state index is 2.35. The molecule has 1 heteroatoms. The molecule has 1 heterocycles. The summed E-state index contributed by atoms with van der Waals surface area (Å²) < 4.78 is 2.35. The minimum Gasteiger partial charge on any atom is -0.320 e. The molecule has 0 spiro atoms. The van der Waals surface area contributed by atoms with Crippen LogP contribution in [0.15, 0.2) is 42.6 Å². The van der Waals surface area contributed by atoms with E-state index < -0.39 is 0 Å². The fourth-order valence-electron chi connectivity index (χ4n) is 2.69. The summed E-state index contributed by atoms with van der Waals surface area (Å²) in [4.78, 5) is 0. The molecule has 0 aliphatic heterocycles. The van der Waals surface area contributed by atoms with E-state index in [1.54, 1.807) is 0 Å². The summed E-state index contributed by atoms with van der Waals surface area (Å²) in [5, 5.41) is 0. The molecule has 0 N–H and O–H groups in total. The molecule has 3 rings (SSSR count). The normalized spacial score (nSPS) is 18.1. The molecular formula is C16H17N. The highest BCUT2D eigenvalue weighted by Crippen LogP contribution is 2.34. The molecule has 1 aliphatic carbocycles. The van der Waals surface area contributed by atoms with Crippen molar-refractivity contribution in [2.24, 2.45) is 0 Å². The molecule has 1 aromatic carbocycles. The van der Waals surface area contributed by atoms with E-state index in [1.807, 2.05) is 0 Å². The van der Waals surface area contributed by atoms with Crippen LogP contribution in [0.3, 0.4) is 0 Å². The molecule has 1 aromatic heterocycles. The summed E-state index contributed by atoms with van der Waals surface area (Å²) in [6, 6.07) is 10.6. The zero-order valence-corrected chi connectivity index (χ0v) is 10.4. The molecule has 2 aromatic rings. The Morgan fingerprint density at radius 2 is 1.94 bits per heavy atom. The van der Waals surface area contributed by atoms with Crippen molar-refractivity contribution in [3.8, 4) is 5.69 Å². The Morgan fingerprint density at radius 1 is 1.18 bits per heavy atom. The van der Waals surface area contributed by atoms with Gasteiger partial charge in [-0.3, -0.25) is 0 Å². The fourth-order valence-corrected chi connectivity index (χ4v) is 2.69. The first kappa shape index (κ1) is 10.4. The highest BCUT2D eigenvalue weighted by molar-refractivity contribution is 5.62. The van der Waals surface area contributed by atoms with Crippen molar-refractivity contribution in [2.75, 3.05) is 0 Å². The molecule has 0 saturated heterocycles. The second-order valence-electron chi connectivity index (χ2n) is 4.86. The first-order valence-electron chi connectivity index (χ1n) is 6.21. The van der Waals surface area contributed by atoms with Crippen LogP contribution < -0.4 is 0 Å². The second-order valence-corrected chi connectivity index (χ2v) is 4.86. The van der Waals surface area contributed by atoms with E-state index in [0.29, 0.717) is 5.92 Å². The van der Waals surface area contributed by atoms with Crippen molar-refractivity contribution < 1.29 is 0 Å². The van der Waals surface area contributed by atoms with Crippen LogP contribution in [-0.4, -0.2) is 4.57 Å². The van der Waals surface area contributed by atoms with E-state index in [1.165, 1.54) is 22.5 Å². The molecule has 0 amide bonds. The number of para-hydroxylation sites is 1. The topological polar surface area (TPSA) is 4.93 Å². The van der Waals surface area contributed by atoms with Gasteiger partial charge >= 0.3 is 0 Å². The van der Waals surface area contributed by atoms with E-state index in [9.17, 15) is 0 Å². The zero-order chi connectivity index (χ0) is 11.8. The maximum absolute atomic E-state index is 2.35. The summed E-state index contributed by atoms with van der Waals surface area (Å²) in [5.74, 6) is 0.601. The highest BCUT2D eigenvalue weighted by Gasteiger charge is 2.20. The van der Waals surface area contributed by atoms with Crippen LogP contribution in [0.2, 0.25) is 0 Å². The van der Waals surface area contributed by atoms with Crippen LogP contribution in [0, 0.1) is 6.92 Å². The number of allylic oxidation sites excluding steroid dienone is 1. The number of hydrogen-bond donors (Lipinski definition) is 0. The Balaban J connectivity index is 2.23. The van der Waals surface area contributed by atoms with Crippen LogP contribution in [0.4, 0.5) is 0 Å². The van der Waals surface area contributed by atoms with Crippen molar-refractivity contribution in [1.82, 2.24) is 4.57 Å². The quantitative estimate of drug-likeness (QED) is 0.679. The molecule has 0 radical (unpaired) electrons. The van der Waals surface area contributed by atoms with E-state index in [2.05, 4.69) is 67.1 Å². The Bertz CT molecular complexity index is 561. The van der Waals surface area contributed by atoms with E-state index in [0.717, 1.165) is 6.42 Å². The first-order chi connectivity index (χ1) is 8.27. The Morgan fingerprint density at radius 3 is 2.71 bits per heavy atom. The highest BCUT2D eigenvalue weighted by atomic mass is 15.0. The van der Waals surface area contributed by atoms with Crippen molar-refractivity contribution in [3.05, 3.63) is 59.4 Å². The lowest BCUT2D eigenvalue weighted by molar-refractivity contribution is 0.718. The van der Waals surface area contributed by atoms with Gasteiger partial charge in [0.2, 0.25) is 0 Å². The van der Waals surface area contributed by atoms with Gasteiger partial charge in [-0.15, -0.1) is 0 Å². The van der Waals surface area contributed by atoms with Gasteiger partial charge < -0.3 is 4.57 Å². The van der Waals surface area contributed by atoms with Gasteiger partial charge in [0, 0.05) is 23.5 Å². The molecule has 1 nitrogen and oxygen atoms in total. The Kier molecular flexibility index (Phi) is 2.40. The van der Waals surface area contributed by atoms with Gasteiger partial charge in [0.15, 0.2) is 0 Å². The summed E-state index contributed by atoms with van der Waals surface area (Å²) in [6.45, 7) is 4.50. The molecule has 0 bridgehead atoms. The zero-order valence-electron chi connectivity index (χ0n) is 10.4. The van der Waals surface area contributed by atoms with Crippen molar-refractivity contribution in [1.29, 1.82) is 0 Å². The lowest BCUT2D eigenvalue weighted by atomic mass is 9.93. The van der Waals surface area contributed by atoms with E-state index in [4.69, 9.17) is 0 Å². The molecule has 1 atom stereocenters. The summed E-state index contributed by atoms with van der Waals surface area (Å²) in [5.41, 5.74) is 5.49. The largest absolute Gasteiger partial charge is 0.320 e. The third kappa shape index (κ3) is 1.62. The van der Waals surface area contributed by atoms with Crippen LogP contribution >= 0.6 is 0 Å². The maximum Gasteiger partial charge on any atom is 0.0452 e. The van der Waals surface area contributed by atoms with Gasteiger partial charge in [-0.1, -0.05) is 37.3 Å². The van der Waals surface area contributed by atoms with Gasteiger partial charge in [0.25, 0.3) is 0 Å². The van der Waals surface area contributed by atoms with E-state index in [-0.39, 0.29) is 0 Å². The first-order valence-corrected chi connectivity index (χ1v) is 6.21. The smallest absolute Gasteiger partial charge is 0.0452 e. The predicted molar refractivity (Wildman–Crippen MR) is 72.6 cm³/mol. The molecule has 0 fully saturated rings. The van der Waals surface area contributed by atoms with Crippen LogP contribution in [-0.2, 0) is 0 Å². The lowest BCUT2D eigenvalue weighted by Crippen LogP contribution is -2.06. The number of hydrogen-bond acceptors (Lipinski definition) is 0. The number of aromatic nitrogens is 1. The van der Waals surface area contributed by atoms with Gasteiger partial charge in [-0.25, -0.2) is 0 Å². The number of fused-ring (bicyclic) bond motifs is 1. The average Bonchev–Trinajstić information content (AvgIpc) is 2.70. The van der Waals surface area contributed by atoms with Crippen molar-refractivity contribution in [3.63, 3.8) is 0 Å². The number of aryl methyl sites for hydroxylation is 1. The minimum atomic E-state index is 0.601. The second kappa shape index (κ2) is 3.92. The van der Waals surface area contributed by atoms with Crippen LogP contribution in [0.25, 0.3) is 11.8 Å². The van der Waals surface area contributed by atoms with E-state index >= 15 is 0 Å². The molecular weight excluding hydrogens is 206 g/mol. The van der Waals surface area contributed by atoms with Crippen molar-refractivity contribution >= 4 is 6.08 Å². The molecule has 17 heavy (non-hydrogen) atoms. The minimum absolute atomic E-state index is 0.601. The number of nitrogens with zero attached hydrogens (tertiary/aromatic N) is 1. The molecule has 0 saturated carbocycles. The SMILES string of the molecule is Cc1cn(-c2ccccc2)c2c1C=CCC2C. The van der Waals surface area contributed by atoms with Crippen molar-refractivity contribution in [2.45, 2.75) is 26.2 Å². The fraction of sp³-hybridized carbons (Fsp3) is 0.250. The third-order valence-corrected chi connectivity index (χ3v) is 3.56. The van der Waals surface area contributed by atoms with Crippen LogP contribution in [0.5, 0.6) is 0 Å². The summed E-state index contributed by atoms with van der Waals surface area (Å²) in [7, 11) is 0. The van der Waals surface area contributed by atoms with Gasteiger partial charge in [0.05, 0.1) is 0 Å². The molecule has 86 valence electrons. The monoisotopic (exact) mass is 223 g/mol. The third-order valence-electron chi connectivity index (χ3n) is 3.56. The summed E-state index contributed by atoms with van der Waals surface area (Å²) >= 11 is 0. The average molecular weight is 223 g/mol. The Labute approximate surface area is 102 Å². The van der Waals surface area contributed by atoms with Crippen LogP contribution in [0.1, 0.15) is 36.1 Å². The standard InChI is InChI=1S/C16H17N/c1-12-7-6-10-15-13(2)11-17(16(12)15)14-8-4-3-5-9-14/h3-6,8-12H,7H2,1-2H3. The summed E-state index contributed by atoms with van der Waals surface area (Å²) in [6.07, 6.45) is 7.95. The Hall–Kier alpha value is -1.76. The molecule has 1 unspecified atom stereocenters.